The second-order valence-corrected chi connectivity index (χ2v) is 6.33. The Hall–Kier alpha value is -2.73. The fourth-order valence-electron chi connectivity index (χ4n) is 2.97. The number of anilines is 1. The fraction of sp³-hybridized carbons (Fsp3) is 0.350. The lowest BCUT2D eigenvalue weighted by Crippen LogP contribution is -2.21. The lowest BCUT2D eigenvalue weighted by molar-refractivity contribution is 0.356. The van der Waals surface area contributed by atoms with E-state index in [1.54, 1.807) is 21.3 Å². The summed E-state index contributed by atoms with van der Waals surface area (Å²) in [6, 6.07) is 9.89. The molecule has 0 atom stereocenters. The molecule has 138 valence electrons. The zero-order valence-electron chi connectivity index (χ0n) is 15.9. The molecule has 1 heterocycles. The Kier molecular flexibility index (Phi) is 5.32. The van der Waals surface area contributed by atoms with Crippen LogP contribution in [-0.2, 0) is 0 Å². The third-order valence-corrected chi connectivity index (χ3v) is 4.36. The minimum atomic E-state index is 0.685. The van der Waals surface area contributed by atoms with Gasteiger partial charge >= 0.3 is 0 Å². The molecular weight excluding hydrogens is 330 g/mol. The Bertz CT molecular complexity index is 925. The minimum absolute atomic E-state index is 0.685. The Morgan fingerprint density at radius 2 is 1.58 bits per heavy atom. The molecule has 0 amide bonds. The number of aromatic nitrogens is 1. The largest absolute Gasteiger partial charge is 0.497 e. The molecule has 1 aromatic heterocycles. The van der Waals surface area contributed by atoms with E-state index >= 15 is 0 Å². The number of likely N-dealkylation sites (N-methyl/N-ethyl adjacent to an activating group) is 1. The predicted octanol–water partition coefficient (Wildman–Crippen LogP) is 3.39. The van der Waals surface area contributed by atoms with Crippen molar-refractivity contribution in [1.29, 1.82) is 0 Å². The molecule has 0 unspecified atom stereocenters. The van der Waals surface area contributed by atoms with Crippen LogP contribution in [-0.4, -0.2) is 58.4 Å². The second kappa shape index (κ2) is 7.66. The van der Waals surface area contributed by atoms with Crippen molar-refractivity contribution in [1.82, 2.24) is 9.88 Å². The molecule has 26 heavy (non-hydrogen) atoms. The van der Waals surface area contributed by atoms with Crippen molar-refractivity contribution in [3.63, 3.8) is 0 Å². The van der Waals surface area contributed by atoms with Gasteiger partial charge in [0.15, 0.2) is 11.5 Å². The van der Waals surface area contributed by atoms with E-state index in [0.29, 0.717) is 11.5 Å². The number of fused-ring (bicyclic) bond motifs is 3. The predicted molar refractivity (Wildman–Crippen MR) is 106 cm³/mol. The van der Waals surface area contributed by atoms with E-state index in [1.807, 2.05) is 44.4 Å². The molecule has 0 aliphatic carbocycles. The number of hydrogen-bond donors (Lipinski definition) is 1. The van der Waals surface area contributed by atoms with Crippen LogP contribution in [0.1, 0.15) is 0 Å². The summed E-state index contributed by atoms with van der Waals surface area (Å²) in [4.78, 5) is 6.96. The van der Waals surface area contributed by atoms with Gasteiger partial charge in [-0.3, -0.25) is 0 Å². The van der Waals surface area contributed by atoms with Gasteiger partial charge in [-0.15, -0.1) is 0 Å². The van der Waals surface area contributed by atoms with Crippen molar-refractivity contribution < 1.29 is 14.2 Å². The van der Waals surface area contributed by atoms with Crippen LogP contribution in [0.3, 0.4) is 0 Å². The van der Waals surface area contributed by atoms with Gasteiger partial charge in [-0.05, 0) is 43.7 Å². The van der Waals surface area contributed by atoms with Gasteiger partial charge in [-0.1, -0.05) is 0 Å². The van der Waals surface area contributed by atoms with E-state index in [-0.39, 0.29) is 0 Å². The lowest BCUT2D eigenvalue weighted by atomic mass is 10.0. The third-order valence-electron chi connectivity index (χ3n) is 4.36. The highest BCUT2D eigenvalue weighted by atomic mass is 16.5. The average Bonchev–Trinajstić information content (AvgIpc) is 2.66. The maximum absolute atomic E-state index is 5.49. The number of hydrogen-bond acceptors (Lipinski definition) is 6. The zero-order valence-corrected chi connectivity index (χ0v) is 15.9. The monoisotopic (exact) mass is 355 g/mol. The molecular formula is C20H25N3O3. The molecule has 1 N–H and O–H groups in total. The normalized spacial score (nSPS) is 11.2. The van der Waals surface area contributed by atoms with Gasteiger partial charge in [0.2, 0.25) is 0 Å². The van der Waals surface area contributed by atoms with Crippen molar-refractivity contribution in [3.8, 4) is 17.2 Å². The summed E-state index contributed by atoms with van der Waals surface area (Å²) in [6.45, 7) is 1.70. The Morgan fingerprint density at radius 3 is 2.19 bits per heavy atom. The Morgan fingerprint density at radius 1 is 0.885 bits per heavy atom. The van der Waals surface area contributed by atoms with E-state index in [0.717, 1.165) is 46.3 Å². The van der Waals surface area contributed by atoms with Crippen LogP contribution >= 0.6 is 0 Å². The first kappa shape index (κ1) is 18.1. The number of nitrogens with zero attached hydrogens (tertiary/aromatic N) is 2. The van der Waals surface area contributed by atoms with Crippen molar-refractivity contribution in [2.45, 2.75) is 0 Å². The number of pyridine rings is 1. The molecule has 0 aliphatic rings. The summed E-state index contributed by atoms with van der Waals surface area (Å²) in [7, 11) is 9.04. The molecule has 0 bridgehead atoms. The second-order valence-electron chi connectivity index (χ2n) is 6.33. The quantitative estimate of drug-likeness (QED) is 0.656. The van der Waals surface area contributed by atoms with Crippen LogP contribution in [0.25, 0.3) is 21.7 Å². The van der Waals surface area contributed by atoms with Crippen LogP contribution in [0.2, 0.25) is 0 Å². The van der Waals surface area contributed by atoms with Crippen molar-refractivity contribution in [3.05, 3.63) is 30.3 Å². The highest BCUT2D eigenvalue weighted by Crippen LogP contribution is 2.38. The molecule has 0 saturated carbocycles. The van der Waals surface area contributed by atoms with Gasteiger partial charge < -0.3 is 24.4 Å². The van der Waals surface area contributed by atoms with E-state index in [2.05, 4.69) is 10.2 Å². The summed E-state index contributed by atoms with van der Waals surface area (Å²) >= 11 is 0. The van der Waals surface area contributed by atoms with Gasteiger partial charge in [0.25, 0.3) is 0 Å². The molecule has 0 radical (unpaired) electrons. The topological polar surface area (TPSA) is 55.9 Å². The standard InChI is InChI=1S/C20H25N3O3/c1-23(2)9-8-21-20-16-12-19(26-5)18(25-4)11-15(16)14-7-6-13(24-3)10-17(14)22-20/h6-7,10-12H,8-9H2,1-5H3,(H,21,22). The van der Waals surface area contributed by atoms with Crippen molar-refractivity contribution in [2.75, 3.05) is 53.8 Å². The smallest absolute Gasteiger partial charge is 0.161 e. The van der Waals surface area contributed by atoms with E-state index < -0.39 is 0 Å². The molecule has 0 spiro atoms. The molecule has 6 heteroatoms. The van der Waals surface area contributed by atoms with Crippen LogP contribution in [0, 0.1) is 0 Å². The Labute approximate surface area is 153 Å². The van der Waals surface area contributed by atoms with Crippen LogP contribution in [0.15, 0.2) is 30.3 Å². The highest BCUT2D eigenvalue weighted by molar-refractivity contribution is 6.11. The maximum atomic E-state index is 5.49. The fourth-order valence-corrected chi connectivity index (χ4v) is 2.97. The first-order valence-corrected chi connectivity index (χ1v) is 8.49. The van der Waals surface area contributed by atoms with Gasteiger partial charge in [0.05, 0.1) is 26.8 Å². The van der Waals surface area contributed by atoms with Crippen LogP contribution in [0.4, 0.5) is 5.82 Å². The van der Waals surface area contributed by atoms with Crippen LogP contribution < -0.4 is 19.5 Å². The lowest BCUT2D eigenvalue weighted by Gasteiger charge is -2.16. The maximum Gasteiger partial charge on any atom is 0.161 e. The minimum Gasteiger partial charge on any atom is -0.497 e. The SMILES string of the molecule is COc1ccc2c(c1)nc(NCCN(C)C)c1cc(OC)c(OC)cc12. The molecule has 2 aromatic carbocycles. The number of nitrogens with one attached hydrogen (secondary N) is 1. The molecule has 3 rings (SSSR count). The van der Waals surface area contributed by atoms with E-state index in [1.165, 1.54) is 0 Å². The van der Waals surface area contributed by atoms with Crippen molar-refractivity contribution >= 4 is 27.5 Å². The number of benzene rings is 2. The third kappa shape index (κ3) is 3.46. The summed E-state index contributed by atoms with van der Waals surface area (Å²) in [5.41, 5.74) is 0.872. The summed E-state index contributed by atoms with van der Waals surface area (Å²) < 4.78 is 16.3. The summed E-state index contributed by atoms with van der Waals surface area (Å²) in [6.07, 6.45) is 0. The molecule has 0 fully saturated rings. The first-order chi connectivity index (χ1) is 12.6. The number of methoxy groups -OCH3 is 3. The highest BCUT2D eigenvalue weighted by Gasteiger charge is 2.14. The molecule has 3 aromatic rings. The average molecular weight is 355 g/mol. The number of ether oxygens (including phenoxy) is 3. The van der Waals surface area contributed by atoms with Crippen molar-refractivity contribution in [2.24, 2.45) is 0 Å². The van der Waals surface area contributed by atoms with E-state index in [4.69, 9.17) is 19.2 Å². The molecule has 6 nitrogen and oxygen atoms in total. The van der Waals surface area contributed by atoms with Gasteiger partial charge in [0, 0.05) is 29.9 Å². The first-order valence-electron chi connectivity index (χ1n) is 8.49. The van der Waals surface area contributed by atoms with Gasteiger partial charge in [0.1, 0.15) is 11.6 Å². The summed E-state index contributed by atoms with van der Waals surface area (Å²) in [5.74, 6) is 2.99. The zero-order chi connectivity index (χ0) is 18.7. The summed E-state index contributed by atoms with van der Waals surface area (Å²) in [5, 5.41) is 6.55. The molecule has 0 aliphatic heterocycles. The van der Waals surface area contributed by atoms with E-state index in [9.17, 15) is 0 Å². The van der Waals surface area contributed by atoms with Gasteiger partial charge in [-0.2, -0.15) is 0 Å². The Balaban J connectivity index is 2.23. The number of rotatable bonds is 7. The van der Waals surface area contributed by atoms with Gasteiger partial charge in [-0.25, -0.2) is 4.98 Å². The van der Waals surface area contributed by atoms with Crippen LogP contribution in [0.5, 0.6) is 17.2 Å². The molecule has 0 saturated heterocycles.